The van der Waals surface area contributed by atoms with Crippen LogP contribution in [-0.2, 0) is 0 Å². The molecule has 0 bridgehead atoms. The van der Waals surface area contributed by atoms with Crippen LogP contribution in [0.4, 0.5) is 0 Å². The number of hydrogen-bond acceptors (Lipinski definition) is 2. The Bertz CT molecular complexity index is 193. The highest BCUT2D eigenvalue weighted by atomic mass is 16.3. The van der Waals surface area contributed by atoms with Gasteiger partial charge in [0.15, 0.2) is 0 Å². The van der Waals surface area contributed by atoms with E-state index in [2.05, 4.69) is 11.5 Å². The van der Waals surface area contributed by atoms with Crippen molar-refractivity contribution in [3.63, 3.8) is 0 Å². The van der Waals surface area contributed by atoms with Crippen LogP contribution in [0.5, 0.6) is 0 Å². The van der Waals surface area contributed by atoms with E-state index in [0.29, 0.717) is 6.04 Å². The summed E-state index contributed by atoms with van der Waals surface area (Å²) in [6, 6.07) is 1.12. The van der Waals surface area contributed by atoms with E-state index in [1.165, 1.54) is 25.8 Å². The molecular formula is C11H19NO. The molecule has 0 amide bonds. The SMILES string of the molecule is C=CCC1C(O)CCC2CCCN21. The summed E-state index contributed by atoms with van der Waals surface area (Å²) in [5, 5.41) is 9.86. The summed E-state index contributed by atoms with van der Waals surface area (Å²) in [5.41, 5.74) is 0. The van der Waals surface area contributed by atoms with Gasteiger partial charge in [-0.3, -0.25) is 4.90 Å². The van der Waals surface area contributed by atoms with Crippen molar-refractivity contribution in [3.05, 3.63) is 12.7 Å². The van der Waals surface area contributed by atoms with E-state index < -0.39 is 0 Å². The molecule has 0 aliphatic carbocycles. The molecule has 3 unspecified atom stereocenters. The fourth-order valence-electron chi connectivity index (χ4n) is 2.84. The summed E-state index contributed by atoms with van der Waals surface area (Å²) in [4.78, 5) is 2.50. The number of nitrogens with zero attached hydrogens (tertiary/aromatic N) is 1. The lowest BCUT2D eigenvalue weighted by Gasteiger charge is -2.40. The molecule has 74 valence electrons. The van der Waals surface area contributed by atoms with Gasteiger partial charge in [-0.2, -0.15) is 0 Å². The van der Waals surface area contributed by atoms with Gasteiger partial charge < -0.3 is 5.11 Å². The molecule has 2 aliphatic heterocycles. The monoisotopic (exact) mass is 181 g/mol. The third kappa shape index (κ3) is 1.65. The minimum Gasteiger partial charge on any atom is -0.391 e. The predicted octanol–water partition coefficient (Wildman–Crippen LogP) is 1.55. The molecule has 0 radical (unpaired) electrons. The quantitative estimate of drug-likeness (QED) is 0.653. The average Bonchev–Trinajstić information content (AvgIpc) is 2.58. The molecule has 3 atom stereocenters. The molecule has 2 saturated heterocycles. The van der Waals surface area contributed by atoms with Gasteiger partial charge >= 0.3 is 0 Å². The first-order valence-corrected chi connectivity index (χ1v) is 5.37. The molecule has 0 aromatic heterocycles. The number of rotatable bonds is 2. The van der Waals surface area contributed by atoms with Crippen LogP contribution in [0.25, 0.3) is 0 Å². The highest BCUT2D eigenvalue weighted by Crippen LogP contribution is 2.32. The highest BCUT2D eigenvalue weighted by Gasteiger charge is 2.37. The smallest absolute Gasteiger partial charge is 0.0699 e. The zero-order valence-corrected chi connectivity index (χ0v) is 8.15. The van der Waals surface area contributed by atoms with E-state index in [4.69, 9.17) is 0 Å². The van der Waals surface area contributed by atoms with Crippen molar-refractivity contribution in [2.45, 2.75) is 50.3 Å². The maximum atomic E-state index is 9.86. The lowest BCUT2D eigenvalue weighted by Crippen LogP contribution is -2.50. The van der Waals surface area contributed by atoms with E-state index in [9.17, 15) is 5.11 Å². The van der Waals surface area contributed by atoms with Crippen LogP contribution in [0.3, 0.4) is 0 Å². The molecule has 0 aromatic rings. The van der Waals surface area contributed by atoms with Crippen molar-refractivity contribution in [3.8, 4) is 0 Å². The molecule has 2 aliphatic rings. The Kier molecular flexibility index (Phi) is 2.70. The van der Waals surface area contributed by atoms with E-state index in [-0.39, 0.29) is 6.10 Å². The number of piperidine rings is 1. The van der Waals surface area contributed by atoms with Gasteiger partial charge in [-0.05, 0) is 38.6 Å². The first kappa shape index (κ1) is 9.22. The first-order chi connectivity index (χ1) is 6.33. The molecule has 0 saturated carbocycles. The van der Waals surface area contributed by atoms with Gasteiger partial charge in [0.2, 0.25) is 0 Å². The average molecular weight is 181 g/mol. The van der Waals surface area contributed by atoms with Crippen molar-refractivity contribution in [1.29, 1.82) is 0 Å². The van der Waals surface area contributed by atoms with Gasteiger partial charge in [0.25, 0.3) is 0 Å². The topological polar surface area (TPSA) is 23.5 Å². The van der Waals surface area contributed by atoms with Crippen molar-refractivity contribution < 1.29 is 5.11 Å². The van der Waals surface area contributed by atoms with Gasteiger partial charge in [-0.1, -0.05) is 6.08 Å². The van der Waals surface area contributed by atoms with Gasteiger partial charge in [0.1, 0.15) is 0 Å². The van der Waals surface area contributed by atoms with Gasteiger partial charge in [-0.25, -0.2) is 0 Å². The molecule has 2 rings (SSSR count). The molecule has 0 spiro atoms. The van der Waals surface area contributed by atoms with Crippen LogP contribution in [0.2, 0.25) is 0 Å². The predicted molar refractivity (Wildman–Crippen MR) is 53.6 cm³/mol. The number of aliphatic hydroxyl groups excluding tert-OH is 1. The summed E-state index contributed by atoms with van der Waals surface area (Å²) in [6.45, 7) is 4.95. The highest BCUT2D eigenvalue weighted by molar-refractivity contribution is 4.96. The molecule has 2 heteroatoms. The van der Waals surface area contributed by atoms with Crippen molar-refractivity contribution in [1.82, 2.24) is 4.90 Å². The van der Waals surface area contributed by atoms with E-state index >= 15 is 0 Å². The normalized spacial score (nSPS) is 40.2. The lowest BCUT2D eigenvalue weighted by atomic mass is 9.92. The van der Waals surface area contributed by atoms with Gasteiger partial charge in [-0.15, -0.1) is 6.58 Å². The van der Waals surface area contributed by atoms with Crippen LogP contribution in [0, 0.1) is 0 Å². The van der Waals surface area contributed by atoms with E-state index in [0.717, 1.165) is 18.9 Å². The van der Waals surface area contributed by atoms with Crippen molar-refractivity contribution in [2.24, 2.45) is 0 Å². The van der Waals surface area contributed by atoms with Crippen LogP contribution < -0.4 is 0 Å². The molecular weight excluding hydrogens is 162 g/mol. The fourth-order valence-corrected chi connectivity index (χ4v) is 2.84. The Morgan fingerprint density at radius 3 is 3.00 bits per heavy atom. The second-order valence-electron chi connectivity index (χ2n) is 4.27. The first-order valence-electron chi connectivity index (χ1n) is 5.37. The Labute approximate surface area is 80.2 Å². The van der Waals surface area contributed by atoms with Gasteiger partial charge in [0.05, 0.1) is 6.10 Å². The second-order valence-corrected chi connectivity index (χ2v) is 4.27. The molecule has 2 fully saturated rings. The lowest BCUT2D eigenvalue weighted by molar-refractivity contribution is -0.00123. The zero-order chi connectivity index (χ0) is 9.26. The Morgan fingerprint density at radius 1 is 1.38 bits per heavy atom. The standard InChI is InChI=1S/C11H19NO/c1-2-4-10-11(13)7-6-9-5-3-8-12(9)10/h2,9-11,13H,1,3-8H2. The number of aliphatic hydroxyl groups is 1. The third-order valence-corrected chi connectivity index (χ3v) is 3.50. The number of hydrogen-bond donors (Lipinski definition) is 1. The summed E-state index contributed by atoms with van der Waals surface area (Å²) in [5.74, 6) is 0. The molecule has 1 N–H and O–H groups in total. The van der Waals surface area contributed by atoms with Crippen molar-refractivity contribution >= 4 is 0 Å². The van der Waals surface area contributed by atoms with Gasteiger partial charge in [0, 0.05) is 12.1 Å². The van der Waals surface area contributed by atoms with E-state index in [1.807, 2.05) is 6.08 Å². The van der Waals surface area contributed by atoms with Crippen LogP contribution in [-0.4, -0.2) is 34.7 Å². The van der Waals surface area contributed by atoms with Crippen molar-refractivity contribution in [2.75, 3.05) is 6.54 Å². The maximum absolute atomic E-state index is 9.86. The maximum Gasteiger partial charge on any atom is 0.0699 e. The zero-order valence-electron chi connectivity index (χ0n) is 8.15. The molecule has 13 heavy (non-hydrogen) atoms. The third-order valence-electron chi connectivity index (χ3n) is 3.50. The molecule has 2 nitrogen and oxygen atoms in total. The Balaban J connectivity index is 2.05. The summed E-state index contributed by atoms with van der Waals surface area (Å²) in [6.07, 6.45) is 7.58. The minimum atomic E-state index is -0.118. The minimum absolute atomic E-state index is 0.118. The Hall–Kier alpha value is -0.340. The molecule has 2 heterocycles. The number of fused-ring (bicyclic) bond motifs is 1. The van der Waals surface area contributed by atoms with Crippen LogP contribution in [0.15, 0.2) is 12.7 Å². The molecule has 0 aromatic carbocycles. The van der Waals surface area contributed by atoms with Crippen LogP contribution >= 0.6 is 0 Å². The summed E-state index contributed by atoms with van der Waals surface area (Å²) < 4.78 is 0. The van der Waals surface area contributed by atoms with Crippen LogP contribution in [0.1, 0.15) is 32.1 Å². The summed E-state index contributed by atoms with van der Waals surface area (Å²) in [7, 11) is 0. The fraction of sp³-hybridized carbons (Fsp3) is 0.818. The van der Waals surface area contributed by atoms with E-state index in [1.54, 1.807) is 0 Å². The second kappa shape index (κ2) is 3.81. The Morgan fingerprint density at radius 2 is 2.23 bits per heavy atom. The largest absolute Gasteiger partial charge is 0.391 e. The summed E-state index contributed by atoms with van der Waals surface area (Å²) >= 11 is 0.